The van der Waals surface area contributed by atoms with Crippen LogP contribution in [0.25, 0.3) is 5.69 Å². The summed E-state index contributed by atoms with van der Waals surface area (Å²) in [5.74, 6) is 0.601. The third kappa shape index (κ3) is 4.61. The number of aromatic nitrogens is 2. The predicted molar refractivity (Wildman–Crippen MR) is 140 cm³/mol. The molecule has 3 heterocycles. The highest BCUT2D eigenvalue weighted by Crippen LogP contribution is 2.40. The van der Waals surface area contributed by atoms with Gasteiger partial charge in [-0.05, 0) is 60.7 Å². The molecule has 0 spiro atoms. The molecule has 176 valence electrons. The van der Waals surface area contributed by atoms with Crippen molar-refractivity contribution in [2.24, 2.45) is 0 Å². The second-order valence-electron chi connectivity index (χ2n) is 8.14. The first-order chi connectivity index (χ1) is 17.2. The van der Waals surface area contributed by atoms with Crippen LogP contribution in [-0.2, 0) is 4.79 Å². The fourth-order valence-electron chi connectivity index (χ4n) is 4.46. The molecule has 2 N–H and O–H groups in total. The second-order valence-corrected chi connectivity index (χ2v) is 8.53. The number of benzene rings is 2. The maximum absolute atomic E-state index is 13.0. The highest BCUT2D eigenvalue weighted by molar-refractivity contribution is 7.80. The molecule has 2 atom stereocenters. The zero-order valence-electron chi connectivity index (χ0n) is 19.2. The number of amides is 1. The lowest BCUT2D eigenvalue weighted by atomic mass is 10.0. The number of nitrogens with one attached hydrogen (secondary N) is 2. The van der Waals surface area contributed by atoms with Crippen LogP contribution < -0.4 is 15.4 Å². The minimum absolute atomic E-state index is 0.0891. The fraction of sp³-hybridized carbons (Fsp3) is 0.148. The monoisotopic (exact) mass is 483 g/mol. The van der Waals surface area contributed by atoms with Gasteiger partial charge in [-0.1, -0.05) is 36.4 Å². The van der Waals surface area contributed by atoms with E-state index in [0.717, 1.165) is 28.5 Å². The molecule has 2 aromatic carbocycles. The van der Waals surface area contributed by atoms with E-state index in [1.165, 1.54) is 0 Å². The summed E-state index contributed by atoms with van der Waals surface area (Å²) >= 11 is 5.73. The molecule has 0 radical (unpaired) electrons. The molecular formula is C27H25N5O2S. The first-order valence-corrected chi connectivity index (χ1v) is 11.7. The lowest BCUT2D eigenvalue weighted by Crippen LogP contribution is -2.37. The Morgan fingerprint density at radius 2 is 1.80 bits per heavy atom. The molecule has 1 aliphatic heterocycles. The van der Waals surface area contributed by atoms with Crippen LogP contribution in [0.3, 0.4) is 0 Å². The van der Waals surface area contributed by atoms with Gasteiger partial charge in [-0.25, -0.2) is 0 Å². The minimum Gasteiger partial charge on any atom is -0.495 e. The van der Waals surface area contributed by atoms with Gasteiger partial charge in [-0.2, -0.15) is 0 Å². The average Bonchev–Trinajstić information content (AvgIpc) is 3.49. The van der Waals surface area contributed by atoms with E-state index in [2.05, 4.69) is 20.2 Å². The minimum atomic E-state index is -0.279. The number of para-hydroxylation sites is 3. The Balaban J connectivity index is 1.54. The van der Waals surface area contributed by atoms with E-state index in [4.69, 9.17) is 17.0 Å². The Morgan fingerprint density at radius 1 is 1.03 bits per heavy atom. The highest BCUT2D eigenvalue weighted by Gasteiger charge is 2.42. The number of rotatable bonds is 7. The summed E-state index contributed by atoms with van der Waals surface area (Å²) in [4.78, 5) is 19.6. The highest BCUT2D eigenvalue weighted by atomic mass is 32.1. The number of carbonyl (C=O) groups excluding carboxylic acids is 1. The molecule has 0 saturated carbocycles. The van der Waals surface area contributed by atoms with Gasteiger partial charge in [0.2, 0.25) is 5.91 Å². The van der Waals surface area contributed by atoms with Crippen molar-refractivity contribution < 1.29 is 9.53 Å². The molecule has 0 bridgehead atoms. The molecule has 1 amide bonds. The van der Waals surface area contributed by atoms with Crippen LogP contribution in [-0.4, -0.2) is 39.1 Å². The van der Waals surface area contributed by atoms with E-state index in [9.17, 15) is 4.79 Å². The van der Waals surface area contributed by atoms with Gasteiger partial charge in [-0.3, -0.25) is 9.78 Å². The second kappa shape index (κ2) is 9.99. The summed E-state index contributed by atoms with van der Waals surface area (Å²) in [5.41, 5.74) is 3.45. The van der Waals surface area contributed by atoms with Gasteiger partial charge in [0.1, 0.15) is 12.3 Å². The number of hydrogen-bond acceptors (Lipinski definition) is 4. The maximum Gasteiger partial charge on any atom is 0.244 e. The number of ether oxygens (including phenoxy) is 1. The Hall–Kier alpha value is -4.17. The normalized spacial score (nSPS) is 17.2. The fourth-order valence-corrected chi connectivity index (χ4v) is 4.76. The molecule has 35 heavy (non-hydrogen) atoms. The van der Waals surface area contributed by atoms with Crippen LogP contribution in [0.5, 0.6) is 5.75 Å². The van der Waals surface area contributed by atoms with Crippen LogP contribution >= 0.6 is 12.2 Å². The smallest absolute Gasteiger partial charge is 0.244 e. The molecule has 1 aliphatic rings. The van der Waals surface area contributed by atoms with E-state index in [-0.39, 0.29) is 24.5 Å². The molecule has 0 unspecified atom stereocenters. The predicted octanol–water partition coefficient (Wildman–Crippen LogP) is 4.49. The number of carbonyl (C=O) groups is 1. The quantitative estimate of drug-likeness (QED) is 0.378. The molecule has 4 aromatic rings. The zero-order valence-corrected chi connectivity index (χ0v) is 20.0. The van der Waals surface area contributed by atoms with Crippen molar-refractivity contribution >= 4 is 28.9 Å². The summed E-state index contributed by atoms with van der Waals surface area (Å²) in [6, 6.07) is 26.6. The topological polar surface area (TPSA) is 71.4 Å². The number of hydrogen-bond donors (Lipinski definition) is 2. The zero-order chi connectivity index (χ0) is 24.2. The van der Waals surface area contributed by atoms with Crippen LogP contribution in [0.1, 0.15) is 23.5 Å². The van der Waals surface area contributed by atoms with Crippen molar-refractivity contribution in [2.75, 3.05) is 19.0 Å². The summed E-state index contributed by atoms with van der Waals surface area (Å²) in [6.45, 7) is 0.0891. The van der Waals surface area contributed by atoms with Crippen molar-refractivity contribution in [1.82, 2.24) is 19.8 Å². The van der Waals surface area contributed by atoms with Crippen LogP contribution in [0, 0.1) is 0 Å². The third-order valence-electron chi connectivity index (χ3n) is 6.00. The first-order valence-electron chi connectivity index (χ1n) is 11.3. The average molecular weight is 484 g/mol. The van der Waals surface area contributed by atoms with E-state index < -0.39 is 0 Å². The maximum atomic E-state index is 13.0. The first kappa shape index (κ1) is 22.6. The Kier molecular flexibility index (Phi) is 6.45. The van der Waals surface area contributed by atoms with Gasteiger partial charge in [0, 0.05) is 23.8 Å². The van der Waals surface area contributed by atoms with Gasteiger partial charge in [0.15, 0.2) is 5.11 Å². The molecule has 1 saturated heterocycles. The van der Waals surface area contributed by atoms with E-state index in [1.807, 2.05) is 96.0 Å². The molecular weight excluding hydrogens is 458 g/mol. The number of pyridine rings is 1. The van der Waals surface area contributed by atoms with E-state index in [1.54, 1.807) is 13.3 Å². The number of methoxy groups -OCH3 is 1. The number of anilines is 1. The SMILES string of the molecule is COc1ccccc1-n1cccc1[C@@H]1[C@H](c2ccccn2)NC(=S)N1CC(=O)Nc1ccccc1. The van der Waals surface area contributed by atoms with Crippen LogP contribution in [0.15, 0.2) is 97.3 Å². The van der Waals surface area contributed by atoms with Gasteiger partial charge in [-0.15, -0.1) is 0 Å². The van der Waals surface area contributed by atoms with Crippen molar-refractivity contribution in [3.8, 4) is 11.4 Å². The van der Waals surface area contributed by atoms with Crippen molar-refractivity contribution in [3.63, 3.8) is 0 Å². The van der Waals surface area contributed by atoms with Crippen molar-refractivity contribution in [3.05, 3.63) is 109 Å². The summed E-state index contributed by atoms with van der Waals surface area (Å²) in [7, 11) is 1.66. The lowest BCUT2D eigenvalue weighted by Gasteiger charge is -2.28. The molecule has 2 aromatic heterocycles. The Labute approximate surface area is 209 Å². The summed E-state index contributed by atoms with van der Waals surface area (Å²) in [6.07, 6.45) is 3.76. The van der Waals surface area contributed by atoms with Crippen molar-refractivity contribution in [1.29, 1.82) is 0 Å². The number of nitrogens with zero attached hydrogens (tertiary/aromatic N) is 3. The molecule has 1 fully saturated rings. The molecule has 0 aliphatic carbocycles. The van der Waals surface area contributed by atoms with Gasteiger partial charge >= 0.3 is 0 Å². The summed E-state index contributed by atoms with van der Waals surface area (Å²) in [5, 5.41) is 6.87. The molecule has 7 nitrogen and oxygen atoms in total. The van der Waals surface area contributed by atoms with Crippen LogP contribution in [0.4, 0.5) is 5.69 Å². The molecule has 5 rings (SSSR count). The van der Waals surface area contributed by atoms with Crippen molar-refractivity contribution in [2.45, 2.75) is 12.1 Å². The Bertz CT molecular complexity index is 1330. The molecule has 8 heteroatoms. The standard InChI is InChI=1S/C27H25N5O2S/c1-34-23-15-6-5-13-21(23)31-17-9-14-22(31)26-25(20-12-7-8-16-28-20)30-27(35)32(26)18-24(33)29-19-10-3-2-4-11-19/h2-17,25-26H,18H2,1H3,(H,29,33)(H,30,35)/t25-,26+/m0/s1. The largest absolute Gasteiger partial charge is 0.495 e. The van der Waals surface area contributed by atoms with E-state index in [0.29, 0.717) is 5.11 Å². The van der Waals surface area contributed by atoms with E-state index >= 15 is 0 Å². The van der Waals surface area contributed by atoms with Gasteiger partial charge in [0.25, 0.3) is 0 Å². The summed E-state index contributed by atoms with van der Waals surface area (Å²) < 4.78 is 7.71. The van der Waals surface area contributed by atoms with Gasteiger partial charge in [0.05, 0.1) is 30.6 Å². The lowest BCUT2D eigenvalue weighted by molar-refractivity contribution is -0.116. The van der Waals surface area contributed by atoms with Gasteiger partial charge < -0.3 is 24.8 Å². The Morgan fingerprint density at radius 3 is 2.57 bits per heavy atom. The van der Waals surface area contributed by atoms with Crippen LogP contribution in [0.2, 0.25) is 0 Å². The number of thiocarbonyl (C=S) groups is 1. The third-order valence-corrected chi connectivity index (χ3v) is 6.35.